The Morgan fingerprint density at radius 2 is 2.17 bits per heavy atom. The molecule has 124 valence electrons. The third-order valence-corrected chi connectivity index (χ3v) is 5.15. The lowest BCUT2D eigenvalue weighted by molar-refractivity contribution is -0.131. The topological polar surface area (TPSA) is 72.6 Å². The smallest absolute Gasteiger partial charge is 0.223 e. The summed E-state index contributed by atoms with van der Waals surface area (Å²) in [6, 6.07) is 6.16. The predicted molar refractivity (Wildman–Crippen MR) is 87.2 cm³/mol. The van der Waals surface area contributed by atoms with Gasteiger partial charge in [-0.25, -0.2) is 0 Å². The van der Waals surface area contributed by atoms with Crippen molar-refractivity contribution in [1.29, 1.82) is 0 Å². The van der Waals surface area contributed by atoms with Crippen LogP contribution in [0.15, 0.2) is 18.2 Å². The number of carbonyl (C=O) groups is 2. The van der Waals surface area contributed by atoms with Gasteiger partial charge in [-0.1, -0.05) is 6.07 Å². The molecular weight excluding hydrogens is 292 g/mol. The fourth-order valence-corrected chi connectivity index (χ4v) is 3.79. The molecule has 2 amide bonds. The Morgan fingerprint density at radius 3 is 2.87 bits per heavy atom. The number of likely N-dealkylation sites (tertiary alicyclic amines) is 1. The number of aryl methyl sites for hydroxylation is 1. The number of hydrogen-bond acceptors (Lipinski definition) is 3. The molecule has 2 atom stereocenters. The van der Waals surface area contributed by atoms with Gasteiger partial charge in [-0.05, 0) is 54.9 Å². The Morgan fingerprint density at radius 1 is 1.35 bits per heavy atom. The number of primary amides is 1. The molecule has 0 spiro atoms. The molecule has 0 aromatic heterocycles. The van der Waals surface area contributed by atoms with Crippen molar-refractivity contribution in [1.82, 2.24) is 4.90 Å². The fraction of sp³-hybridized carbons (Fsp3) is 0.556. The van der Waals surface area contributed by atoms with Gasteiger partial charge in [-0.15, -0.1) is 0 Å². The highest BCUT2D eigenvalue weighted by Crippen LogP contribution is 2.36. The van der Waals surface area contributed by atoms with Crippen LogP contribution >= 0.6 is 0 Å². The lowest BCUT2D eigenvalue weighted by Gasteiger charge is -2.27. The van der Waals surface area contributed by atoms with Crippen LogP contribution in [0, 0.1) is 5.92 Å². The number of hydrogen-bond donors (Lipinski definition) is 1. The number of ether oxygens (including phenoxy) is 1. The van der Waals surface area contributed by atoms with Crippen LogP contribution in [-0.4, -0.2) is 36.9 Å². The molecule has 1 aliphatic heterocycles. The van der Waals surface area contributed by atoms with E-state index in [1.165, 1.54) is 11.1 Å². The molecule has 0 radical (unpaired) electrons. The number of nitrogens with two attached hydrogens (primary N) is 1. The highest BCUT2D eigenvalue weighted by Gasteiger charge is 2.31. The van der Waals surface area contributed by atoms with Crippen molar-refractivity contribution >= 4 is 11.8 Å². The van der Waals surface area contributed by atoms with Crippen LogP contribution < -0.4 is 10.5 Å². The minimum atomic E-state index is -0.296. The monoisotopic (exact) mass is 316 g/mol. The maximum atomic E-state index is 12.6. The van der Waals surface area contributed by atoms with Crippen molar-refractivity contribution in [3.8, 4) is 5.75 Å². The van der Waals surface area contributed by atoms with Crippen LogP contribution in [0.4, 0.5) is 0 Å². The minimum Gasteiger partial charge on any atom is -0.497 e. The zero-order valence-electron chi connectivity index (χ0n) is 13.6. The molecule has 1 aromatic carbocycles. The van der Waals surface area contributed by atoms with Crippen molar-refractivity contribution in [2.24, 2.45) is 11.7 Å². The average Bonchev–Trinajstić information content (AvgIpc) is 3.05. The summed E-state index contributed by atoms with van der Waals surface area (Å²) in [5.74, 6) is 0.809. The molecule has 5 nitrogen and oxygen atoms in total. The summed E-state index contributed by atoms with van der Waals surface area (Å²) in [6.07, 6.45) is 4.40. The third-order valence-electron chi connectivity index (χ3n) is 5.15. The van der Waals surface area contributed by atoms with Gasteiger partial charge in [0.1, 0.15) is 5.75 Å². The van der Waals surface area contributed by atoms with Crippen LogP contribution in [0.3, 0.4) is 0 Å². The highest BCUT2D eigenvalue weighted by molar-refractivity contribution is 5.81. The summed E-state index contributed by atoms with van der Waals surface area (Å²) in [5.41, 5.74) is 7.92. The van der Waals surface area contributed by atoms with Gasteiger partial charge in [0, 0.05) is 19.5 Å². The highest BCUT2D eigenvalue weighted by atomic mass is 16.5. The molecule has 1 fully saturated rings. The first-order chi connectivity index (χ1) is 11.1. The van der Waals surface area contributed by atoms with Crippen molar-refractivity contribution in [3.05, 3.63) is 29.3 Å². The summed E-state index contributed by atoms with van der Waals surface area (Å²) >= 11 is 0. The van der Waals surface area contributed by atoms with Crippen molar-refractivity contribution < 1.29 is 14.3 Å². The Bertz CT molecular complexity index is 614. The van der Waals surface area contributed by atoms with Gasteiger partial charge in [0.2, 0.25) is 11.8 Å². The molecule has 1 saturated heterocycles. The van der Waals surface area contributed by atoms with Crippen LogP contribution in [-0.2, 0) is 16.0 Å². The van der Waals surface area contributed by atoms with E-state index in [0.29, 0.717) is 25.9 Å². The number of carbonyl (C=O) groups excluding carboxylic acids is 2. The molecule has 3 rings (SSSR count). The predicted octanol–water partition coefficient (Wildman–Crippen LogP) is 1.84. The third kappa shape index (κ3) is 3.33. The molecule has 1 heterocycles. The average molecular weight is 316 g/mol. The molecule has 2 N–H and O–H groups in total. The zero-order chi connectivity index (χ0) is 16.4. The summed E-state index contributed by atoms with van der Waals surface area (Å²) in [5, 5.41) is 0. The van der Waals surface area contributed by atoms with Crippen molar-refractivity contribution in [2.75, 3.05) is 20.2 Å². The van der Waals surface area contributed by atoms with Crippen molar-refractivity contribution in [3.63, 3.8) is 0 Å². The molecule has 5 heteroatoms. The van der Waals surface area contributed by atoms with E-state index in [0.717, 1.165) is 25.0 Å². The molecular formula is C18H24N2O3. The molecule has 23 heavy (non-hydrogen) atoms. The first-order valence-electron chi connectivity index (χ1n) is 8.32. The van der Waals surface area contributed by atoms with Gasteiger partial charge in [0.05, 0.1) is 13.0 Å². The molecule has 0 saturated carbocycles. The Hall–Kier alpha value is -2.04. The van der Waals surface area contributed by atoms with E-state index in [9.17, 15) is 9.59 Å². The number of methoxy groups -OCH3 is 1. The molecule has 1 aliphatic carbocycles. The summed E-state index contributed by atoms with van der Waals surface area (Å²) in [4.78, 5) is 25.6. The SMILES string of the molecule is COc1ccc2c(c1)CCC[C@H]2CC(=O)N1CC[C@H](C(N)=O)C1. The van der Waals surface area contributed by atoms with E-state index < -0.39 is 0 Å². The normalized spacial score (nSPS) is 23.4. The lowest BCUT2D eigenvalue weighted by Crippen LogP contribution is -2.32. The second-order valence-electron chi connectivity index (χ2n) is 6.59. The van der Waals surface area contributed by atoms with Crippen LogP contribution in [0.1, 0.15) is 42.7 Å². The Labute approximate surface area is 136 Å². The van der Waals surface area contributed by atoms with Gasteiger partial charge >= 0.3 is 0 Å². The van der Waals surface area contributed by atoms with E-state index >= 15 is 0 Å². The van der Waals surface area contributed by atoms with Gasteiger partial charge in [-0.3, -0.25) is 9.59 Å². The van der Waals surface area contributed by atoms with Crippen LogP contribution in [0.25, 0.3) is 0 Å². The Kier molecular flexibility index (Phi) is 4.55. The quantitative estimate of drug-likeness (QED) is 0.921. The standard InChI is InChI=1S/C18H24N2O3/c1-23-15-5-6-16-12(9-15)3-2-4-13(16)10-17(21)20-8-7-14(11-20)18(19)22/h5-6,9,13-14H,2-4,7-8,10-11H2,1H3,(H2,19,22)/t13-,14-/m0/s1. The molecule has 0 unspecified atom stereocenters. The maximum absolute atomic E-state index is 12.6. The van der Waals surface area contributed by atoms with E-state index in [1.807, 2.05) is 6.07 Å². The number of nitrogens with zero attached hydrogens (tertiary/aromatic N) is 1. The van der Waals surface area contributed by atoms with E-state index in [-0.39, 0.29) is 23.7 Å². The van der Waals surface area contributed by atoms with E-state index in [4.69, 9.17) is 10.5 Å². The molecule has 2 aliphatic rings. The number of benzene rings is 1. The first kappa shape index (κ1) is 15.8. The summed E-state index contributed by atoms with van der Waals surface area (Å²) in [7, 11) is 1.67. The largest absolute Gasteiger partial charge is 0.497 e. The fourth-order valence-electron chi connectivity index (χ4n) is 3.79. The van der Waals surface area contributed by atoms with Gasteiger partial charge < -0.3 is 15.4 Å². The zero-order valence-corrected chi connectivity index (χ0v) is 13.6. The summed E-state index contributed by atoms with van der Waals surface area (Å²) in [6.45, 7) is 1.13. The van der Waals surface area contributed by atoms with Crippen molar-refractivity contribution in [2.45, 2.75) is 38.0 Å². The lowest BCUT2D eigenvalue weighted by atomic mass is 9.80. The van der Waals surface area contributed by atoms with E-state index in [1.54, 1.807) is 12.0 Å². The molecule has 1 aromatic rings. The molecule has 0 bridgehead atoms. The van der Waals surface area contributed by atoms with E-state index in [2.05, 4.69) is 12.1 Å². The van der Waals surface area contributed by atoms with Gasteiger partial charge in [-0.2, -0.15) is 0 Å². The maximum Gasteiger partial charge on any atom is 0.223 e. The number of fused-ring (bicyclic) bond motifs is 1. The Balaban J connectivity index is 1.68. The summed E-state index contributed by atoms with van der Waals surface area (Å²) < 4.78 is 5.29. The minimum absolute atomic E-state index is 0.141. The second-order valence-corrected chi connectivity index (χ2v) is 6.59. The number of rotatable bonds is 4. The number of amides is 2. The van der Waals surface area contributed by atoms with Gasteiger partial charge in [0.15, 0.2) is 0 Å². The first-order valence-corrected chi connectivity index (χ1v) is 8.32. The van der Waals surface area contributed by atoms with Crippen LogP contribution in [0.2, 0.25) is 0 Å². The van der Waals surface area contributed by atoms with Crippen LogP contribution in [0.5, 0.6) is 5.75 Å². The van der Waals surface area contributed by atoms with Gasteiger partial charge in [0.25, 0.3) is 0 Å². The second kappa shape index (κ2) is 6.60.